The highest BCUT2D eigenvalue weighted by Gasteiger charge is 2.33. The Hall–Kier alpha value is -1.70. The van der Waals surface area contributed by atoms with Gasteiger partial charge in [-0.3, -0.25) is 4.79 Å². The Kier molecular flexibility index (Phi) is 5.71. The molecular weight excluding hydrogens is 398 g/mol. The number of ether oxygens (including phenoxy) is 1. The molecule has 0 bridgehead atoms. The van der Waals surface area contributed by atoms with Crippen molar-refractivity contribution < 1.29 is 23.1 Å². The maximum absolute atomic E-state index is 13.9. The molecular formula is C17H21BrF2N2O3. The van der Waals surface area contributed by atoms with Gasteiger partial charge in [-0.1, -0.05) is 15.9 Å². The van der Waals surface area contributed by atoms with Gasteiger partial charge in [0.2, 0.25) is 0 Å². The summed E-state index contributed by atoms with van der Waals surface area (Å²) >= 11 is 3.06. The van der Waals surface area contributed by atoms with E-state index in [4.69, 9.17) is 4.74 Å². The molecule has 5 nitrogen and oxygen atoms in total. The van der Waals surface area contributed by atoms with Crippen LogP contribution in [0, 0.1) is 11.6 Å². The first kappa shape index (κ1) is 19.6. The van der Waals surface area contributed by atoms with Crippen molar-refractivity contribution in [1.29, 1.82) is 0 Å². The van der Waals surface area contributed by atoms with E-state index in [1.807, 2.05) is 0 Å². The Morgan fingerprint density at radius 2 is 1.88 bits per heavy atom. The normalized spacial score (nSPS) is 18.3. The summed E-state index contributed by atoms with van der Waals surface area (Å²) in [6.45, 7) is 7.81. The van der Waals surface area contributed by atoms with Crippen LogP contribution in [0.3, 0.4) is 0 Å². The minimum absolute atomic E-state index is 0.214. The lowest BCUT2D eigenvalue weighted by atomic mass is 10.1. The lowest BCUT2D eigenvalue weighted by Crippen LogP contribution is -2.56. The van der Waals surface area contributed by atoms with E-state index in [1.165, 1.54) is 15.9 Å². The summed E-state index contributed by atoms with van der Waals surface area (Å²) in [5.74, 6) is -2.86. The van der Waals surface area contributed by atoms with Crippen LogP contribution in [0.1, 0.15) is 38.1 Å². The molecule has 0 unspecified atom stereocenters. The van der Waals surface area contributed by atoms with Crippen molar-refractivity contribution in [2.24, 2.45) is 0 Å². The molecule has 0 saturated carbocycles. The van der Waals surface area contributed by atoms with E-state index in [2.05, 4.69) is 15.9 Å². The van der Waals surface area contributed by atoms with Gasteiger partial charge in [-0.15, -0.1) is 0 Å². The summed E-state index contributed by atoms with van der Waals surface area (Å²) in [6.07, 6.45) is -0.452. The van der Waals surface area contributed by atoms with E-state index < -0.39 is 29.2 Å². The van der Waals surface area contributed by atoms with Gasteiger partial charge >= 0.3 is 6.09 Å². The number of piperazine rings is 1. The molecule has 0 aliphatic carbocycles. The van der Waals surface area contributed by atoms with Crippen molar-refractivity contribution in [3.8, 4) is 0 Å². The summed E-state index contributed by atoms with van der Waals surface area (Å²) in [4.78, 5) is 27.7. The SMILES string of the molecule is C[C@@H]1CN(C(=O)c2cc(Br)cc(F)c2F)CCN1C(=O)OC(C)(C)C. The molecule has 1 heterocycles. The topological polar surface area (TPSA) is 49.9 Å². The molecule has 1 saturated heterocycles. The fraction of sp³-hybridized carbons (Fsp3) is 0.529. The summed E-state index contributed by atoms with van der Waals surface area (Å²) in [7, 11) is 0. The predicted octanol–water partition coefficient (Wildman–Crippen LogP) is 3.81. The number of amides is 2. The van der Waals surface area contributed by atoms with E-state index >= 15 is 0 Å². The molecule has 1 aliphatic rings. The molecule has 0 aromatic heterocycles. The molecule has 0 N–H and O–H groups in total. The molecule has 1 aromatic carbocycles. The zero-order valence-corrected chi connectivity index (χ0v) is 16.2. The molecule has 2 amide bonds. The van der Waals surface area contributed by atoms with Crippen LogP contribution in [0.5, 0.6) is 0 Å². The lowest BCUT2D eigenvalue weighted by Gasteiger charge is -2.40. The van der Waals surface area contributed by atoms with Crippen molar-refractivity contribution >= 4 is 27.9 Å². The van der Waals surface area contributed by atoms with E-state index in [1.54, 1.807) is 27.7 Å². The Bertz CT molecular complexity index is 691. The number of rotatable bonds is 1. The van der Waals surface area contributed by atoms with Gasteiger partial charge in [0.25, 0.3) is 5.91 Å². The smallest absolute Gasteiger partial charge is 0.410 e. The predicted molar refractivity (Wildman–Crippen MR) is 92.4 cm³/mol. The second-order valence-electron chi connectivity index (χ2n) is 7.02. The third-order valence-corrected chi connectivity index (χ3v) is 4.22. The Balaban J connectivity index is 2.10. The van der Waals surface area contributed by atoms with Crippen molar-refractivity contribution in [2.45, 2.75) is 39.3 Å². The Labute approximate surface area is 154 Å². The van der Waals surface area contributed by atoms with Crippen LogP contribution in [0.2, 0.25) is 0 Å². The highest BCUT2D eigenvalue weighted by atomic mass is 79.9. The second-order valence-corrected chi connectivity index (χ2v) is 7.94. The monoisotopic (exact) mass is 418 g/mol. The van der Waals surface area contributed by atoms with Crippen molar-refractivity contribution in [3.05, 3.63) is 33.8 Å². The average Bonchev–Trinajstić information content (AvgIpc) is 2.48. The third-order valence-electron chi connectivity index (χ3n) is 3.77. The largest absolute Gasteiger partial charge is 0.444 e. The van der Waals surface area contributed by atoms with Gasteiger partial charge in [0.05, 0.1) is 5.56 Å². The Morgan fingerprint density at radius 3 is 2.44 bits per heavy atom. The van der Waals surface area contributed by atoms with E-state index in [-0.39, 0.29) is 35.7 Å². The molecule has 25 heavy (non-hydrogen) atoms. The zero-order valence-electron chi connectivity index (χ0n) is 14.6. The van der Waals surface area contributed by atoms with Crippen molar-refractivity contribution in [1.82, 2.24) is 9.80 Å². The highest BCUT2D eigenvalue weighted by molar-refractivity contribution is 9.10. The number of carbonyl (C=O) groups is 2. The number of halogens is 3. The summed E-state index contributed by atoms with van der Waals surface area (Å²) in [5.41, 5.74) is -0.939. The van der Waals surface area contributed by atoms with Gasteiger partial charge in [0, 0.05) is 30.1 Å². The molecule has 1 fully saturated rings. The lowest BCUT2D eigenvalue weighted by molar-refractivity contribution is 0.00189. The second kappa shape index (κ2) is 7.27. The molecule has 0 radical (unpaired) electrons. The van der Waals surface area contributed by atoms with Crippen LogP contribution in [0.15, 0.2) is 16.6 Å². The standard InChI is InChI=1S/C17H21BrF2N2O3/c1-10-9-21(5-6-22(10)16(24)25-17(2,3)4)15(23)12-7-11(18)8-13(19)14(12)20/h7-8,10H,5-6,9H2,1-4H3/t10-/m1/s1. The molecule has 1 atom stereocenters. The number of benzene rings is 1. The molecule has 8 heteroatoms. The average molecular weight is 419 g/mol. The van der Waals surface area contributed by atoms with Crippen LogP contribution in [-0.2, 0) is 4.74 Å². The van der Waals surface area contributed by atoms with Gasteiger partial charge < -0.3 is 14.5 Å². The highest BCUT2D eigenvalue weighted by Crippen LogP contribution is 2.22. The zero-order chi connectivity index (χ0) is 18.9. The first-order chi connectivity index (χ1) is 11.5. The number of hydrogen-bond donors (Lipinski definition) is 0. The minimum Gasteiger partial charge on any atom is -0.444 e. The van der Waals surface area contributed by atoms with Crippen LogP contribution < -0.4 is 0 Å². The third kappa shape index (κ3) is 4.68. The van der Waals surface area contributed by atoms with Crippen LogP contribution in [-0.4, -0.2) is 53.1 Å². The summed E-state index contributed by atoms with van der Waals surface area (Å²) in [6, 6.07) is 1.92. The van der Waals surface area contributed by atoms with Crippen LogP contribution >= 0.6 is 15.9 Å². The summed E-state index contributed by atoms with van der Waals surface area (Å²) in [5, 5.41) is 0. The fourth-order valence-electron chi connectivity index (χ4n) is 2.62. The van der Waals surface area contributed by atoms with Crippen molar-refractivity contribution in [2.75, 3.05) is 19.6 Å². The van der Waals surface area contributed by atoms with Crippen molar-refractivity contribution in [3.63, 3.8) is 0 Å². The number of hydrogen-bond acceptors (Lipinski definition) is 3. The quantitative estimate of drug-likeness (QED) is 0.651. The maximum Gasteiger partial charge on any atom is 0.410 e. The van der Waals surface area contributed by atoms with E-state index in [0.717, 1.165) is 6.07 Å². The first-order valence-corrected chi connectivity index (χ1v) is 8.72. The van der Waals surface area contributed by atoms with Gasteiger partial charge in [-0.25, -0.2) is 13.6 Å². The molecule has 138 valence electrons. The maximum atomic E-state index is 13.9. The molecule has 0 spiro atoms. The molecule has 2 rings (SSSR count). The van der Waals surface area contributed by atoms with E-state index in [0.29, 0.717) is 0 Å². The van der Waals surface area contributed by atoms with Gasteiger partial charge in [-0.05, 0) is 39.8 Å². The minimum atomic E-state index is -1.17. The van der Waals surface area contributed by atoms with Crippen LogP contribution in [0.25, 0.3) is 0 Å². The van der Waals surface area contributed by atoms with Crippen LogP contribution in [0.4, 0.5) is 13.6 Å². The number of carbonyl (C=O) groups excluding carboxylic acids is 2. The summed E-state index contributed by atoms with van der Waals surface area (Å²) < 4.78 is 33.1. The molecule has 1 aliphatic heterocycles. The fourth-order valence-corrected chi connectivity index (χ4v) is 3.05. The number of nitrogens with zero attached hydrogens (tertiary/aromatic N) is 2. The van der Waals surface area contributed by atoms with Gasteiger partial charge in [-0.2, -0.15) is 0 Å². The van der Waals surface area contributed by atoms with Gasteiger partial charge in [0.15, 0.2) is 11.6 Å². The molecule has 1 aromatic rings. The van der Waals surface area contributed by atoms with Gasteiger partial charge in [0.1, 0.15) is 5.60 Å². The Morgan fingerprint density at radius 1 is 1.24 bits per heavy atom. The van der Waals surface area contributed by atoms with E-state index in [9.17, 15) is 18.4 Å². The first-order valence-electron chi connectivity index (χ1n) is 7.93.